The van der Waals surface area contributed by atoms with Crippen LogP contribution in [0.1, 0.15) is 25.8 Å². The molecule has 110 valence electrons. The number of piperidine rings is 1. The second-order valence-corrected chi connectivity index (χ2v) is 4.55. The first-order valence-electron chi connectivity index (χ1n) is 6.17. The molecule has 1 N–H and O–H groups in total. The Kier molecular flexibility index (Phi) is 8.06. The molecule has 0 spiro atoms. The molecule has 0 aromatic carbocycles. The van der Waals surface area contributed by atoms with Crippen LogP contribution in [0, 0.1) is 0 Å². The number of carbonyl (C=O) groups excluding carboxylic acids is 1. The van der Waals surface area contributed by atoms with Gasteiger partial charge in [0.25, 0.3) is 0 Å². The van der Waals surface area contributed by atoms with Crippen molar-refractivity contribution in [3.8, 4) is 0 Å². The number of nitrogens with one attached hydrogen (secondary N) is 1. The number of rotatable bonds is 3. The summed E-state index contributed by atoms with van der Waals surface area (Å²) >= 11 is 0. The molecule has 1 saturated heterocycles. The highest BCUT2D eigenvalue weighted by Crippen LogP contribution is 2.15. The van der Waals surface area contributed by atoms with Gasteiger partial charge in [0.1, 0.15) is 6.04 Å². The van der Waals surface area contributed by atoms with Crippen molar-refractivity contribution in [1.29, 1.82) is 0 Å². The van der Waals surface area contributed by atoms with E-state index in [1.807, 2.05) is 31.1 Å². The van der Waals surface area contributed by atoms with Gasteiger partial charge in [-0.1, -0.05) is 0 Å². The molecule has 5 nitrogen and oxygen atoms in total. The average Bonchev–Trinajstić information content (AvgIpc) is 2.91. The molecule has 2 rings (SSSR count). The molecule has 1 amide bonds. The summed E-state index contributed by atoms with van der Waals surface area (Å²) < 4.78 is 1.71. The van der Waals surface area contributed by atoms with Gasteiger partial charge in [0.15, 0.2) is 0 Å². The molecule has 1 unspecified atom stereocenters. The van der Waals surface area contributed by atoms with Crippen molar-refractivity contribution in [3.05, 3.63) is 18.5 Å². The van der Waals surface area contributed by atoms with Gasteiger partial charge in [-0.25, -0.2) is 0 Å². The van der Waals surface area contributed by atoms with Crippen molar-refractivity contribution < 1.29 is 4.79 Å². The maximum Gasteiger partial charge on any atom is 0.247 e. The van der Waals surface area contributed by atoms with E-state index in [1.54, 1.807) is 10.9 Å². The molecule has 1 aliphatic heterocycles. The van der Waals surface area contributed by atoms with Gasteiger partial charge in [-0.15, -0.1) is 24.8 Å². The van der Waals surface area contributed by atoms with Crippen molar-refractivity contribution in [2.24, 2.45) is 0 Å². The fourth-order valence-electron chi connectivity index (χ4n) is 2.28. The predicted molar refractivity (Wildman–Crippen MR) is 80.1 cm³/mol. The summed E-state index contributed by atoms with van der Waals surface area (Å²) in [5.74, 6) is 0.170. The number of aromatic nitrogens is 2. The predicted octanol–water partition coefficient (Wildman–Crippen LogP) is 1.50. The van der Waals surface area contributed by atoms with Gasteiger partial charge in [0.2, 0.25) is 5.91 Å². The highest BCUT2D eigenvalue weighted by molar-refractivity contribution is 5.85. The molecule has 1 aromatic heterocycles. The van der Waals surface area contributed by atoms with Gasteiger partial charge >= 0.3 is 0 Å². The van der Waals surface area contributed by atoms with E-state index < -0.39 is 0 Å². The van der Waals surface area contributed by atoms with E-state index in [1.165, 1.54) is 0 Å². The molecule has 1 aliphatic rings. The molecule has 0 aliphatic carbocycles. The van der Waals surface area contributed by atoms with Crippen LogP contribution in [0.15, 0.2) is 18.5 Å². The standard InChI is InChI=1S/C12H20N4O.2ClH/c1-10(16-7-3-6-14-16)12(17)15-8-4-11(13-2)5-9-15;;/h3,6-7,10-11,13H,4-5,8-9H2,1-2H3;2*1H. The van der Waals surface area contributed by atoms with Crippen molar-refractivity contribution >= 4 is 30.7 Å². The quantitative estimate of drug-likeness (QED) is 0.920. The monoisotopic (exact) mass is 308 g/mol. The lowest BCUT2D eigenvalue weighted by Gasteiger charge is -2.33. The molecule has 0 bridgehead atoms. The summed E-state index contributed by atoms with van der Waals surface area (Å²) in [6.07, 6.45) is 5.61. The Morgan fingerprint density at radius 2 is 2.00 bits per heavy atom. The number of carbonyl (C=O) groups is 1. The van der Waals surface area contributed by atoms with Gasteiger partial charge in [-0.2, -0.15) is 5.10 Å². The van der Waals surface area contributed by atoms with Gasteiger partial charge in [0, 0.05) is 31.5 Å². The minimum absolute atomic E-state index is 0. The molecule has 2 heterocycles. The highest BCUT2D eigenvalue weighted by atomic mass is 35.5. The minimum atomic E-state index is -0.198. The zero-order valence-corrected chi connectivity index (χ0v) is 12.9. The smallest absolute Gasteiger partial charge is 0.247 e. The van der Waals surface area contributed by atoms with Gasteiger partial charge in [0.05, 0.1) is 0 Å². The summed E-state index contributed by atoms with van der Waals surface area (Å²) in [6.45, 7) is 3.59. The summed E-state index contributed by atoms with van der Waals surface area (Å²) in [4.78, 5) is 14.2. The van der Waals surface area contributed by atoms with Crippen LogP contribution in [0.5, 0.6) is 0 Å². The second-order valence-electron chi connectivity index (χ2n) is 4.55. The SMILES string of the molecule is CNC1CCN(C(=O)C(C)n2cccn2)CC1.Cl.Cl. The van der Waals surface area contributed by atoms with Crippen molar-refractivity contribution in [2.45, 2.75) is 31.8 Å². The molecule has 7 heteroatoms. The number of amides is 1. The second kappa shape index (κ2) is 8.40. The third-order valence-electron chi connectivity index (χ3n) is 3.49. The van der Waals surface area contributed by atoms with Crippen LogP contribution in [0.3, 0.4) is 0 Å². The van der Waals surface area contributed by atoms with Gasteiger partial charge in [-0.05, 0) is 32.9 Å². The van der Waals surface area contributed by atoms with E-state index in [-0.39, 0.29) is 36.8 Å². The number of likely N-dealkylation sites (tertiary alicyclic amines) is 1. The Bertz CT molecular complexity index is 364. The summed E-state index contributed by atoms with van der Waals surface area (Å²) in [5, 5.41) is 7.38. The van der Waals surface area contributed by atoms with Crippen LogP contribution >= 0.6 is 24.8 Å². The Balaban J connectivity index is 0.00000162. The fraction of sp³-hybridized carbons (Fsp3) is 0.667. The Morgan fingerprint density at radius 1 is 1.37 bits per heavy atom. The van der Waals surface area contributed by atoms with Crippen molar-refractivity contribution in [2.75, 3.05) is 20.1 Å². The van der Waals surface area contributed by atoms with Gasteiger partial charge in [-0.3, -0.25) is 9.48 Å². The van der Waals surface area contributed by atoms with Crippen LogP contribution in [0.25, 0.3) is 0 Å². The van der Waals surface area contributed by atoms with E-state index in [0.29, 0.717) is 6.04 Å². The Hall–Kier alpha value is -0.780. The van der Waals surface area contributed by atoms with Crippen LogP contribution in [-0.2, 0) is 4.79 Å². The summed E-state index contributed by atoms with van der Waals surface area (Å²) in [6, 6.07) is 2.20. The fourth-order valence-corrected chi connectivity index (χ4v) is 2.28. The van der Waals surface area contributed by atoms with E-state index in [0.717, 1.165) is 25.9 Å². The lowest BCUT2D eigenvalue weighted by molar-refractivity contribution is -0.135. The molecular weight excluding hydrogens is 287 g/mol. The molecule has 1 atom stereocenters. The molecule has 0 saturated carbocycles. The van der Waals surface area contributed by atoms with Gasteiger partial charge < -0.3 is 10.2 Å². The largest absolute Gasteiger partial charge is 0.341 e. The van der Waals surface area contributed by atoms with Crippen molar-refractivity contribution in [3.63, 3.8) is 0 Å². The van der Waals surface area contributed by atoms with E-state index >= 15 is 0 Å². The molecule has 0 radical (unpaired) electrons. The highest BCUT2D eigenvalue weighted by Gasteiger charge is 2.26. The molecule has 19 heavy (non-hydrogen) atoms. The third-order valence-corrected chi connectivity index (χ3v) is 3.49. The summed E-state index contributed by atoms with van der Waals surface area (Å²) in [7, 11) is 1.98. The molecule has 1 aromatic rings. The normalized spacial score (nSPS) is 17.3. The van der Waals surface area contributed by atoms with E-state index in [2.05, 4.69) is 10.4 Å². The third kappa shape index (κ3) is 4.37. The average molecular weight is 309 g/mol. The van der Waals surface area contributed by atoms with Crippen LogP contribution < -0.4 is 5.32 Å². The van der Waals surface area contributed by atoms with Crippen LogP contribution in [-0.4, -0.2) is 46.8 Å². The van der Waals surface area contributed by atoms with E-state index in [9.17, 15) is 4.79 Å². The number of hydrogen-bond donors (Lipinski definition) is 1. The van der Waals surface area contributed by atoms with Crippen molar-refractivity contribution in [1.82, 2.24) is 20.0 Å². The van der Waals surface area contributed by atoms with Crippen LogP contribution in [0.4, 0.5) is 0 Å². The zero-order chi connectivity index (χ0) is 12.3. The topological polar surface area (TPSA) is 50.2 Å². The lowest BCUT2D eigenvalue weighted by atomic mass is 10.0. The maximum atomic E-state index is 12.2. The maximum absolute atomic E-state index is 12.2. The Labute approximate surface area is 126 Å². The first kappa shape index (κ1) is 18.2. The first-order chi connectivity index (χ1) is 8.22. The van der Waals surface area contributed by atoms with E-state index in [4.69, 9.17) is 0 Å². The first-order valence-corrected chi connectivity index (χ1v) is 6.17. The number of halogens is 2. The zero-order valence-electron chi connectivity index (χ0n) is 11.3. The molecular formula is C12H22Cl2N4O. The lowest BCUT2D eigenvalue weighted by Crippen LogP contribution is -2.46. The molecule has 1 fully saturated rings. The summed E-state index contributed by atoms with van der Waals surface area (Å²) in [5.41, 5.74) is 0. The van der Waals surface area contributed by atoms with Crippen LogP contribution in [0.2, 0.25) is 0 Å². The number of nitrogens with zero attached hydrogens (tertiary/aromatic N) is 3. The number of hydrogen-bond acceptors (Lipinski definition) is 3. The minimum Gasteiger partial charge on any atom is -0.341 e. The Morgan fingerprint density at radius 3 is 2.47 bits per heavy atom.